The number of hydrogen-bond donors (Lipinski definition) is 1. The molecule has 0 fully saturated rings. The summed E-state index contributed by atoms with van der Waals surface area (Å²) in [5.41, 5.74) is 5.94. The molecule has 0 saturated carbocycles. The van der Waals surface area contributed by atoms with Crippen LogP contribution in [0, 0.1) is 0 Å². The number of methoxy groups -OCH3 is 1. The minimum atomic E-state index is -0.883. The van der Waals surface area contributed by atoms with Crippen LogP contribution in [-0.4, -0.2) is 31.7 Å². The van der Waals surface area contributed by atoms with Crippen LogP contribution in [0.15, 0.2) is 36.1 Å². The highest BCUT2D eigenvalue weighted by Crippen LogP contribution is 2.35. The average molecular weight is 376 g/mol. The van der Waals surface area contributed by atoms with Crippen LogP contribution in [-0.2, 0) is 23.8 Å². The number of carbonyl (C=O) groups is 2. The van der Waals surface area contributed by atoms with E-state index in [1.54, 1.807) is 24.3 Å². The van der Waals surface area contributed by atoms with Gasteiger partial charge in [-0.1, -0.05) is 29.8 Å². The molecule has 1 aromatic carbocycles. The molecule has 0 bridgehead atoms. The van der Waals surface area contributed by atoms with Gasteiger partial charge in [-0.15, -0.1) is 12.4 Å². The average Bonchev–Trinajstić information content (AvgIpc) is 2.92. The second-order valence-electron chi connectivity index (χ2n) is 4.93. The zero-order valence-corrected chi connectivity index (χ0v) is 14.6. The van der Waals surface area contributed by atoms with Crippen molar-refractivity contribution in [3.63, 3.8) is 0 Å². The van der Waals surface area contributed by atoms with Gasteiger partial charge in [0.05, 0.1) is 13.2 Å². The van der Waals surface area contributed by atoms with Crippen LogP contribution in [0.2, 0.25) is 5.02 Å². The van der Waals surface area contributed by atoms with Gasteiger partial charge in [-0.3, -0.25) is 4.79 Å². The van der Waals surface area contributed by atoms with Crippen LogP contribution in [0.1, 0.15) is 24.5 Å². The summed E-state index contributed by atoms with van der Waals surface area (Å²) in [4.78, 5) is 23.5. The van der Waals surface area contributed by atoms with E-state index in [0.717, 1.165) is 0 Å². The van der Waals surface area contributed by atoms with Gasteiger partial charge in [0, 0.05) is 17.0 Å². The van der Waals surface area contributed by atoms with Crippen LogP contribution >= 0.6 is 24.0 Å². The molecule has 2 rings (SSSR count). The first-order valence-corrected chi connectivity index (χ1v) is 7.54. The van der Waals surface area contributed by atoms with E-state index < -0.39 is 24.1 Å². The molecule has 8 heteroatoms. The number of esters is 2. The number of hydrogen-bond acceptors (Lipinski definition) is 6. The van der Waals surface area contributed by atoms with Crippen LogP contribution in [0.25, 0.3) is 0 Å². The molecular formula is C16H19Cl2NO5. The lowest BCUT2D eigenvalue weighted by Crippen LogP contribution is -2.27. The van der Waals surface area contributed by atoms with Gasteiger partial charge in [0.2, 0.25) is 0 Å². The molecule has 2 atom stereocenters. The maximum absolute atomic E-state index is 12.0. The molecule has 24 heavy (non-hydrogen) atoms. The van der Waals surface area contributed by atoms with E-state index in [1.165, 1.54) is 13.2 Å². The summed E-state index contributed by atoms with van der Waals surface area (Å²) in [6.07, 6.45) is 0.151. The third-order valence-corrected chi connectivity index (χ3v) is 3.69. The van der Waals surface area contributed by atoms with E-state index in [9.17, 15) is 9.59 Å². The van der Waals surface area contributed by atoms with Crippen LogP contribution in [0.3, 0.4) is 0 Å². The van der Waals surface area contributed by atoms with E-state index in [2.05, 4.69) is 0 Å². The Kier molecular flexibility index (Phi) is 8.04. The summed E-state index contributed by atoms with van der Waals surface area (Å²) in [7, 11) is 1.42. The Hall–Kier alpha value is -1.76. The molecule has 1 aliphatic rings. The smallest absolute Gasteiger partial charge is 0.335 e. The summed E-state index contributed by atoms with van der Waals surface area (Å²) < 4.78 is 15.9. The summed E-state index contributed by atoms with van der Waals surface area (Å²) in [5.74, 6) is -0.716. The highest BCUT2D eigenvalue weighted by atomic mass is 35.5. The van der Waals surface area contributed by atoms with Crippen molar-refractivity contribution < 1.29 is 23.8 Å². The summed E-state index contributed by atoms with van der Waals surface area (Å²) >= 11 is 6.20. The number of nitrogens with two attached hydrogens (primary N) is 1. The molecule has 0 aliphatic carbocycles. The fourth-order valence-electron chi connectivity index (χ4n) is 2.24. The Morgan fingerprint density at radius 2 is 2.12 bits per heavy atom. The van der Waals surface area contributed by atoms with Gasteiger partial charge in [0.1, 0.15) is 5.76 Å². The monoisotopic (exact) mass is 375 g/mol. The van der Waals surface area contributed by atoms with E-state index in [4.69, 9.17) is 31.5 Å². The van der Waals surface area contributed by atoms with Gasteiger partial charge < -0.3 is 19.9 Å². The van der Waals surface area contributed by atoms with Crippen molar-refractivity contribution in [3.8, 4) is 0 Å². The van der Waals surface area contributed by atoms with Crippen molar-refractivity contribution in [1.29, 1.82) is 0 Å². The third-order valence-electron chi connectivity index (χ3n) is 3.35. The van der Waals surface area contributed by atoms with Gasteiger partial charge in [0.15, 0.2) is 12.2 Å². The highest BCUT2D eigenvalue weighted by molar-refractivity contribution is 6.31. The molecule has 0 aromatic heterocycles. The third kappa shape index (κ3) is 4.87. The molecule has 1 heterocycles. The van der Waals surface area contributed by atoms with Gasteiger partial charge in [-0.25, -0.2) is 4.79 Å². The second kappa shape index (κ2) is 9.52. The lowest BCUT2D eigenvalue weighted by Gasteiger charge is -2.25. The van der Waals surface area contributed by atoms with Crippen LogP contribution in [0.5, 0.6) is 0 Å². The van der Waals surface area contributed by atoms with Crippen LogP contribution in [0.4, 0.5) is 0 Å². The number of benzene rings is 1. The van der Waals surface area contributed by atoms with Crippen molar-refractivity contribution in [2.24, 2.45) is 5.73 Å². The molecule has 1 aliphatic heterocycles. The maximum atomic E-state index is 12.0. The first-order valence-electron chi connectivity index (χ1n) is 7.17. The Balaban J connectivity index is 0.00000288. The fourth-order valence-corrected chi connectivity index (χ4v) is 2.49. The SMILES string of the molecule is COC1=CC(=O)OC1C(OC(=O)CCCN)c1ccccc1Cl.Cl. The second-order valence-corrected chi connectivity index (χ2v) is 5.34. The van der Waals surface area contributed by atoms with Crippen molar-refractivity contribution in [3.05, 3.63) is 46.7 Å². The van der Waals surface area contributed by atoms with E-state index in [1.807, 2.05) is 0 Å². The van der Waals surface area contributed by atoms with E-state index in [-0.39, 0.29) is 24.6 Å². The number of cyclic esters (lactones) is 1. The molecule has 0 saturated heterocycles. The number of halogens is 2. The first kappa shape index (κ1) is 20.3. The number of carbonyl (C=O) groups excluding carboxylic acids is 2. The quantitative estimate of drug-likeness (QED) is 0.736. The van der Waals surface area contributed by atoms with Crippen molar-refractivity contribution in [2.45, 2.75) is 25.0 Å². The Labute approximate surface area is 151 Å². The summed E-state index contributed by atoms with van der Waals surface area (Å²) in [6, 6.07) is 6.90. The normalized spacial score (nSPS) is 17.4. The molecule has 2 unspecified atom stereocenters. The number of ether oxygens (including phenoxy) is 3. The Bertz CT molecular complexity index is 620. The summed E-state index contributed by atoms with van der Waals surface area (Å²) in [6.45, 7) is 0.382. The molecule has 1 aromatic rings. The van der Waals surface area contributed by atoms with Crippen LogP contribution < -0.4 is 5.73 Å². The van der Waals surface area contributed by atoms with Crippen molar-refractivity contribution in [2.75, 3.05) is 13.7 Å². The molecule has 0 spiro atoms. The maximum Gasteiger partial charge on any atom is 0.335 e. The predicted molar refractivity (Wildman–Crippen MR) is 90.8 cm³/mol. The fraction of sp³-hybridized carbons (Fsp3) is 0.375. The van der Waals surface area contributed by atoms with Gasteiger partial charge in [-0.05, 0) is 19.0 Å². The Morgan fingerprint density at radius 3 is 2.75 bits per heavy atom. The van der Waals surface area contributed by atoms with Gasteiger partial charge in [0.25, 0.3) is 0 Å². The zero-order valence-electron chi connectivity index (χ0n) is 13.1. The molecule has 0 radical (unpaired) electrons. The molecule has 132 valence electrons. The van der Waals surface area contributed by atoms with Crippen molar-refractivity contribution >= 4 is 35.9 Å². The molecule has 2 N–H and O–H groups in total. The van der Waals surface area contributed by atoms with E-state index >= 15 is 0 Å². The van der Waals surface area contributed by atoms with Crippen molar-refractivity contribution in [1.82, 2.24) is 0 Å². The molecular weight excluding hydrogens is 357 g/mol. The largest absolute Gasteiger partial charge is 0.497 e. The number of rotatable bonds is 7. The zero-order chi connectivity index (χ0) is 16.8. The lowest BCUT2D eigenvalue weighted by molar-refractivity contribution is -0.162. The van der Waals surface area contributed by atoms with Gasteiger partial charge in [-0.2, -0.15) is 0 Å². The standard InChI is InChI=1S/C16H18ClNO5.ClH/c1-21-12-9-14(20)23-16(12)15(22-13(19)7-4-8-18)10-5-2-3-6-11(10)17;/h2-3,5-6,9,15-16H,4,7-8,18H2,1H3;1H. The predicted octanol–water partition coefficient (Wildman–Crippen LogP) is 2.54. The minimum Gasteiger partial charge on any atom is -0.497 e. The topological polar surface area (TPSA) is 87.9 Å². The first-order chi connectivity index (χ1) is 11.1. The highest BCUT2D eigenvalue weighted by Gasteiger charge is 2.39. The lowest BCUT2D eigenvalue weighted by atomic mass is 10.0. The van der Waals surface area contributed by atoms with Gasteiger partial charge >= 0.3 is 11.9 Å². The molecule has 6 nitrogen and oxygen atoms in total. The minimum absolute atomic E-state index is 0. The van der Waals surface area contributed by atoms with E-state index in [0.29, 0.717) is 23.6 Å². The Morgan fingerprint density at radius 1 is 1.42 bits per heavy atom. The molecule has 0 amide bonds. The summed E-state index contributed by atoms with van der Waals surface area (Å²) in [5, 5.41) is 0.405.